The molecule has 0 aromatic heterocycles. The smallest absolute Gasteiger partial charge is 0.271 e. The van der Waals surface area contributed by atoms with Gasteiger partial charge in [0.05, 0.1) is 10.0 Å². The van der Waals surface area contributed by atoms with Crippen LogP contribution in [-0.2, 0) is 9.59 Å². The van der Waals surface area contributed by atoms with Crippen molar-refractivity contribution in [1.82, 2.24) is 0 Å². The zero-order valence-electron chi connectivity index (χ0n) is 25.6. The van der Waals surface area contributed by atoms with Crippen molar-refractivity contribution in [3.05, 3.63) is 140 Å². The second-order valence-electron chi connectivity index (χ2n) is 11.6. The third kappa shape index (κ3) is 5.89. The van der Waals surface area contributed by atoms with Gasteiger partial charge in [0.2, 0.25) is 12.2 Å². The van der Waals surface area contributed by atoms with Gasteiger partial charge in [0.1, 0.15) is 35.1 Å². The largest absolute Gasteiger partial charge is 0.508 e. The van der Waals surface area contributed by atoms with E-state index in [9.17, 15) is 19.8 Å². The number of para-hydroxylation sites is 2. The summed E-state index contributed by atoms with van der Waals surface area (Å²) >= 11 is 24.9. The van der Waals surface area contributed by atoms with E-state index >= 15 is 0 Å². The van der Waals surface area contributed by atoms with E-state index in [0.29, 0.717) is 32.5 Å². The summed E-state index contributed by atoms with van der Waals surface area (Å²) in [6, 6.07) is 26.6. The summed E-state index contributed by atoms with van der Waals surface area (Å²) in [5, 5.41) is 23.1. The molecule has 248 valence electrons. The molecule has 4 atom stereocenters. The molecule has 5 aromatic carbocycles. The van der Waals surface area contributed by atoms with Gasteiger partial charge in [-0.1, -0.05) is 88.9 Å². The van der Waals surface area contributed by atoms with Gasteiger partial charge < -0.3 is 19.7 Å². The maximum atomic E-state index is 14.0. The second kappa shape index (κ2) is 13.0. The Morgan fingerprint density at radius 1 is 0.592 bits per heavy atom. The number of halogens is 4. The molecule has 0 bridgehead atoms. The van der Waals surface area contributed by atoms with Gasteiger partial charge in [-0.2, -0.15) is 0 Å². The first-order valence-corrected chi connectivity index (χ1v) is 16.6. The van der Waals surface area contributed by atoms with Crippen molar-refractivity contribution in [2.24, 2.45) is 0 Å². The maximum Gasteiger partial charge on any atom is 0.271 e. The number of nitrogens with zero attached hydrogens (tertiary/aromatic N) is 2. The maximum absolute atomic E-state index is 14.0. The van der Waals surface area contributed by atoms with E-state index in [2.05, 4.69) is 0 Å². The number of benzene rings is 5. The number of β-lactam (4-membered cyclic amide) rings is 2. The Morgan fingerprint density at radius 3 is 1.55 bits per heavy atom. The Bertz CT molecular complexity index is 2130. The molecule has 0 aliphatic carbocycles. The van der Waals surface area contributed by atoms with Crippen LogP contribution in [0.4, 0.5) is 11.4 Å². The van der Waals surface area contributed by atoms with Crippen LogP contribution < -0.4 is 19.3 Å². The van der Waals surface area contributed by atoms with Gasteiger partial charge in [0.25, 0.3) is 11.8 Å². The highest BCUT2D eigenvalue weighted by Gasteiger charge is 2.54. The van der Waals surface area contributed by atoms with Crippen molar-refractivity contribution >= 4 is 69.6 Å². The number of ether oxygens (including phenoxy) is 2. The first-order valence-electron chi connectivity index (χ1n) is 15.1. The van der Waals surface area contributed by atoms with Crippen molar-refractivity contribution in [2.75, 3.05) is 9.80 Å². The van der Waals surface area contributed by atoms with Gasteiger partial charge >= 0.3 is 0 Å². The van der Waals surface area contributed by atoms with E-state index < -0.39 is 24.3 Å². The Labute approximate surface area is 301 Å². The van der Waals surface area contributed by atoms with E-state index in [1.807, 2.05) is 6.92 Å². The van der Waals surface area contributed by atoms with E-state index in [1.165, 1.54) is 34.1 Å². The van der Waals surface area contributed by atoms with Crippen LogP contribution in [0.3, 0.4) is 0 Å². The number of carbonyl (C=O) groups is 2. The molecule has 0 spiro atoms. The number of amides is 2. The summed E-state index contributed by atoms with van der Waals surface area (Å²) in [6.45, 7) is 1.84. The third-order valence-electron chi connectivity index (χ3n) is 8.63. The van der Waals surface area contributed by atoms with Gasteiger partial charge in [-0.3, -0.25) is 19.4 Å². The fraction of sp³-hybridized carbons (Fsp3) is 0.135. The SMILES string of the molecule is Cc1ccc(N2C(=O)C(Oc3ccc(Cl)cc3Cl)C2c2ccccc2O)cc1N1C(=O)C(Oc2ccc(Cl)cc2Cl)C1c1ccccc1O. The second-order valence-corrected chi connectivity index (χ2v) is 13.3. The third-order valence-corrected chi connectivity index (χ3v) is 9.69. The van der Waals surface area contributed by atoms with Crippen LogP contribution in [0.25, 0.3) is 0 Å². The number of aromatic hydroxyl groups is 2. The lowest BCUT2D eigenvalue weighted by Crippen LogP contribution is -2.62. The molecular weight excluding hydrogens is 710 g/mol. The molecule has 2 saturated heterocycles. The zero-order valence-corrected chi connectivity index (χ0v) is 28.6. The summed E-state index contributed by atoms with van der Waals surface area (Å²) < 4.78 is 12.3. The van der Waals surface area contributed by atoms with Gasteiger partial charge in [-0.05, 0) is 73.2 Å². The number of hydrogen-bond acceptors (Lipinski definition) is 6. The molecule has 2 aliphatic heterocycles. The molecule has 2 N–H and O–H groups in total. The first-order chi connectivity index (χ1) is 23.5. The minimum Gasteiger partial charge on any atom is -0.508 e. The fourth-order valence-electron chi connectivity index (χ4n) is 6.21. The molecule has 2 heterocycles. The van der Waals surface area contributed by atoms with Crippen LogP contribution in [0.2, 0.25) is 20.1 Å². The number of phenols is 2. The number of anilines is 2. The van der Waals surface area contributed by atoms with Crippen molar-refractivity contribution in [1.29, 1.82) is 0 Å². The van der Waals surface area contributed by atoms with Crippen LogP contribution in [-0.4, -0.2) is 34.2 Å². The summed E-state index contributed by atoms with van der Waals surface area (Å²) in [5.74, 6) is -0.291. The molecular formula is C37H26Cl4N2O6. The van der Waals surface area contributed by atoms with E-state index in [-0.39, 0.29) is 44.9 Å². The molecule has 0 saturated carbocycles. The van der Waals surface area contributed by atoms with E-state index in [4.69, 9.17) is 55.9 Å². The van der Waals surface area contributed by atoms with Crippen molar-refractivity contribution < 1.29 is 29.3 Å². The number of phenolic OH excluding ortho intramolecular Hbond substituents is 2. The molecule has 2 aliphatic rings. The van der Waals surface area contributed by atoms with Crippen LogP contribution in [0.15, 0.2) is 103 Å². The molecule has 0 radical (unpaired) electrons. The summed E-state index contributed by atoms with van der Waals surface area (Å²) in [6.07, 6.45) is -2.06. The van der Waals surface area contributed by atoms with Gasteiger partial charge in [0, 0.05) is 32.5 Å². The van der Waals surface area contributed by atoms with E-state index in [0.717, 1.165) is 5.56 Å². The highest BCUT2D eigenvalue weighted by molar-refractivity contribution is 6.36. The Hall–Kier alpha value is -4.60. The minimum absolute atomic E-state index is 0.0204. The summed E-state index contributed by atoms with van der Waals surface area (Å²) in [4.78, 5) is 30.9. The van der Waals surface area contributed by atoms with Crippen molar-refractivity contribution in [2.45, 2.75) is 31.2 Å². The molecule has 2 fully saturated rings. The average Bonchev–Trinajstić information content (AvgIpc) is 3.07. The van der Waals surface area contributed by atoms with E-state index in [1.54, 1.807) is 78.9 Å². The average molecular weight is 736 g/mol. The lowest BCUT2D eigenvalue weighted by molar-refractivity contribution is -0.135. The summed E-state index contributed by atoms with van der Waals surface area (Å²) in [5.41, 5.74) is 2.59. The normalized spacial score (nSPS) is 20.1. The van der Waals surface area contributed by atoms with Gasteiger partial charge in [-0.15, -0.1) is 0 Å². The molecule has 5 aromatic rings. The topological polar surface area (TPSA) is 99.5 Å². The van der Waals surface area contributed by atoms with Crippen molar-refractivity contribution in [3.63, 3.8) is 0 Å². The number of aryl methyl sites for hydroxylation is 1. The number of rotatable bonds is 8. The standard InChI is InChI=1S/C37H26Cl4N2O6/c1-19-10-13-22(42-32(23-6-2-4-8-28(23)44)34(36(42)46)48-30-14-11-20(38)16-25(30)40)18-27(19)43-33(24-7-3-5-9-29(24)45)35(37(43)47)49-31-15-12-21(39)17-26(31)41/h2-18,32-35,44-45H,1H3. The predicted molar refractivity (Wildman–Crippen MR) is 190 cm³/mol. The quantitative estimate of drug-likeness (QED) is 0.154. The molecule has 12 heteroatoms. The van der Waals surface area contributed by atoms with Gasteiger partial charge in [-0.25, -0.2) is 0 Å². The highest BCUT2D eigenvalue weighted by Crippen LogP contribution is 2.49. The minimum atomic E-state index is -1.03. The molecule has 8 nitrogen and oxygen atoms in total. The van der Waals surface area contributed by atoms with Crippen LogP contribution in [0, 0.1) is 6.92 Å². The van der Waals surface area contributed by atoms with Crippen molar-refractivity contribution in [3.8, 4) is 23.0 Å². The monoisotopic (exact) mass is 734 g/mol. The lowest BCUT2D eigenvalue weighted by Gasteiger charge is -2.49. The molecule has 7 rings (SSSR count). The number of carbonyl (C=O) groups excluding carboxylic acids is 2. The Morgan fingerprint density at radius 2 is 1.06 bits per heavy atom. The number of hydrogen-bond donors (Lipinski definition) is 2. The zero-order chi connectivity index (χ0) is 34.6. The molecule has 4 unspecified atom stereocenters. The van der Waals surface area contributed by atoms with Crippen LogP contribution in [0.5, 0.6) is 23.0 Å². The molecule has 2 amide bonds. The van der Waals surface area contributed by atoms with Gasteiger partial charge in [0.15, 0.2) is 0 Å². The first kappa shape index (κ1) is 32.9. The fourth-order valence-corrected chi connectivity index (χ4v) is 7.12. The Balaban J connectivity index is 1.27. The molecule has 49 heavy (non-hydrogen) atoms. The Kier molecular flexibility index (Phi) is 8.75. The van der Waals surface area contributed by atoms with Crippen LogP contribution >= 0.6 is 46.4 Å². The van der Waals surface area contributed by atoms with Crippen LogP contribution in [0.1, 0.15) is 28.8 Å². The highest BCUT2D eigenvalue weighted by atomic mass is 35.5. The lowest BCUT2D eigenvalue weighted by atomic mass is 9.87. The summed E-state index contributed by atoms with van der Waals surface area (Å²) in [7, 11) is 0. The predicted octanol–water partition coefficient (Wildman–Crippen LogP) is 9.09.